The first-order valence-corrected chi connectivity index (χ1v) is 12.7. The minimum Gasteiger partial charge on any atom is -0.507 e. The fraction of sp³-hybridized carbons (Fsp3) is 0.179. The summed E-state index contributed by atoms with van der Waals surface area (Å²) in [6.07, 6.45) is 0. The highest BCUT2D eigenvalue weighted by Gasteiger charge is 2.48. The van der Waals surface area contributed by atoms with E-state index in [2.05, 4.69) is 4.98 Å². The molecular formula is C28H23ClN2O6S. The van der Waals surface area contributed by atoms with Gasteiger partial charge >= 0.3 is 5.91 Å². The number of hydrogen-bond donors (Lipinski definition) is 1. The van der Waals surface area contributed by atoms with E-state index in [9.17, 15) is 14.7 Å². The van der Waals surface area contributed by atoms with Crippen molar-refractivity contribution in [2.24, 2.45) is 0 Å². The van der Waals surface area contributed by atoms with Gasteiger partial charge in [-0.1, -0.05) is 41.1 Å². The Morgan fingerprint density at radius 1 is 0.974 bits per heavy atom. The molecule has 1 unspecified atom stereocenters. The lowest BCUT2D eigenvalue weighted by Gasteiger charge is -2.23. The first-order valence-electron chi connectivity index (χ1n) is 11.5. The summed E-state index contributed by atoms with van der Waals surface area (Å²) in [4.78, 5) is 33.1. The number of methoxy groups -OCH3 is 3. The Morgan fingerprint density at radius 3 is 2.34 bits per heavy atom. The number of hydrogen-bond acceptors (Lipinski definition) is 8. The lowest BCUT2D eigenvalue weighted by atomic mass is 9.95. The summed E-state index contributed by atoms with van der Waals surface area (Å²) < 4.78 is 16.9. The molecule has 1 N–H and O–H groups in total. The monoisotopic (exact) mass is 550 g/mol. The lowest BCUT2D eigenvalue weighted by Crippen LogP contribution is -2.29. The Balaban J connectivity index is 1.76. The van der Waals surface area contributed by atoms with Crippen molar-refractivity contribution in [3.05, 3.63) is 81.9 Å². The molecule has 10 heteroatoms. The Kier molecular flexibility index (Phi) is 6.73. The summed E-state index contributed by atoms with van der Waals surface area (Å²) >= 11 is 7.55. The topological polar surface area (TPSA) is 98.2 Å². The Morgan fingerprint density at radius 2 is 1.68 bits per heavy atom. The van der Waals surface area contributed by atoms with Crippen LogP contribution in [-0.4, -0.2) is 43.1 Å². The number of aromatic nitrogens is 1. The average Bonchev–Trinajstić information content (AvgIpc) is 3.45. The second-order valence-electron chi connectivity index (χ2n) is 8.60. The zero-order valence-electron chi connectivity index (χ0n) is 20.9. The molecule has 1 aromatic heterocycles. The average molecular weight is 551 g/mol. The molecule has 1 fully saturated rings. The number of anilines is 1. The normalized spacial score (nSPS) is 16.8. The van der Waals surface area contributed by atoms with Crippen molar-refractivity contribution in [2.75, 3.05) is 26.2 Å². The zero-order chi connectivity index (χ0) is 27.1. The van der Waals surface area contributed by atoms with Crippen LogP contribution in [0.3, 0.4) is 0 Å². The van der Waals surface area contributed by atoms with E-state index in [4.69, 9.17) is 25.8 Å². The predicted octanol–water partition coefficient (Wildman–Crippen LogP) is 5.91. The number of thiazole rings is 1. The molecule has 0 saturated carbocycles. The van der Waals surface area contributed by atoms with Crippen molar-refractivity contribution >= 4 is 55.7 Å². The molecule has 8 nitrogen and oxygen atoms in total. The largest absolute Gasteiger partial charge is 0.507 e. The number of halogens is 1. The van der Waals surface area contributed by atoms with Gasteiger partial charge in [-0.2, -0.15) is 0 Å². The van der Waals surface area contributed by atoms with E-state index in [0.717, 1.165) is 10.3 Å². The van der Waals surface area contributed by atoms with Crippen LogP contribution in [0, 0.1) is 6.92 Å². The standard InChI is InChI=1S/C28H23ClN2O6S/c1-14-5-10-19-22(11-14)38-28(30-19)31-24(15-6-8-16(35-2)9-7-15)23(26(33)27(31)34)25(32)17-12-21(37-4)18(29)13-20(17)36-3/h5-13,24,32H,1-4H3/b25-23+. The summed E-state index contributed by atoms with van der Waals surface area (Å²) in [7, 11) is 4.39. The van der Waals surface area contributed by atoms with Gasteiger partial charge in [0.15, 0.2) is 5.13 Å². The van der Waals surface area contributed by atoms with Gasteiger partial charge in [0, 0.05) is 6.07 Å². The number of ketones is 1. The molecule has 1 saturated heterocycles. The molecular weight excluding hydrogens is 528 g/mol. The van der Waals surface area contributed by atoms with Crippen LogP contribution in [0.2, 0.25) is 5.02 Å². The van der Waals surface area contributed by atoms with Crippen LogP contribution in [0.1, 0.15) is 22.7 Å². The van der Waals surface area contributed by atoms with Gasteiger partial charge in [0.25, 0.3) is 5.78 Å². The summed E-state index contributed by atoms with van der Waals surface area (Å²) in [6, 6.07) is 14.7. The molecule has 0 aliphatic carbocycles. The number of fused-ring (bicyclic) bond motifs is 1. The number of nitrogens with zero attached hydrogens (tertiary/aromatic N) is 2. The van der Waals surface area contributed by atoms with Crippen molar-refractivity contribution in [1.82, 2.24) is 4.98 Å². The Hall–Kier alpha value is -4.08. The van der Waals surface area contributed by atoms with E-state index < -0.39 is 23.5 Å². The van der Waals surface area contributed by atoms with Crippen LogP contribution in [0.5, 0.6) is 17.2 Å². The summed E-state index contributed by atoms with van der Waals surface area (Å²) in [6.45, 7) is 1.97. The number of carbonyl (C=O) groups excluding carboxylic acids is 2. The molecule has 1 atom stereocenters. The van der Waals surface area contributed by atoms with E-state index in [-0.39, 0.29) is 27.7 Å². The van der Waals surface area contributed by atoms with Gasteiger partial charge in [-0.15, -0.1) is 0 Å². The van der Waals surface area contributed by atoms with Crippen LogP contribution in [0.25, 0.3) is 16.0 Å². The van der Waals surface area contributed by atoms with Gasteiger partial charge in [-0.05, 0) is 48.4 Å². The fourth-order valence-corrected chi connectivity index (χ4v) is 5.77. The highest BCUT2D eigenvalue weighted by atomic mass is 35.5. The third-order valence-corrected chi connectivity index (χ3v) is 7.66. The number of ether oxygens (including phenoxy) is 3. The smallest absolute Gasteiger partial charge is 0.301 e. The molecule has 194 valence electrons. The first kappa shape index (κ1) is 25.6. The number of aliphatic hydroxyl groups excluding tert-OH is 1. The van der Waals surface area contributed by atoms with Crippen molar-refractivity contribution in [3.8, 4) is 17.2 Å². The van der Waals surface area contributed by atoms with E-state index in [1.165, 1.54) is 42.6 Å². The number of amides is 1. The minimum absolute atomic E-state index is 0.113. The van der Waals surface area contributed by atoms with E-state index in [1.54, 1.807) is 31.4 Å². The molecule has 0 spiro atoms. The highest BCUT2D eigenvalue weighted by Crippen LogP contribution is 2.46. The molecule has 1 aliphatic heterocycles. The number of Topliss-reactive ketones (excluding diaryl/α,β-unsaturated/α-hetero) is 1. The molecule has 3 aromatic carbocycles. The quantitative estimate of drug-likeness (QED) is 0.181. The minimum atomic E-state index is -0.964. The maximum Gasteiger partial charge on any atom is 0.301 e. The van der Waals surface area contributed by atoms with Gasteiger partial charge in [0.1, 0.15) is 23.0 Å². The van der Waals surface area contributed by atoms with E-state index in [0.29, 0.717) is 22.0 Å². The Labute approximate surface area is 227 Å². The molecule has 1 amide bonds. The van der Waals surface area contributed by atoms with Crippen LogP contribution in [0.15, 0.2) is 60.2 Å². The third-order valence-electron chi connectivity index (χ3n) is 6.34. The molecule has 5 rings (SSSR count). The summed E-state index contributed by atoms with van der Waals surface area (Å²) in [5.74, 6) is -0.993. The van der Waals surface area contributed by atoms with Crippen molar-refractivity contribution in [1.29, 1.82) is 0 Å². The van der Waals surface area contributed by atoms with Crippen LogP contribution in [-0.2, 0) is 9.59 Å². The number of carbonyl (C=O) groups is 2. The third kappa shape index (κ3) is 4.23. The number of rotatable bonds is 6. The molecule has 38 heavy (non-hydrogen) atoms. The highest BCUT2D eigenvalue weighted by molar-refractivity contribution is 7.22. The number of benzene rings is 3. The molecule has 0 bridgehead atoms. The molecule has 2 heterocycles. The zero-order valence-corrected chi connectivity index (χ0v) is 22.5. The van der Waals surface area contributed by atoms with Gasteiger partial charge in [-0.3, -0.25) is 14.5 Å². The number of aryl methyl sites for hydroxylation is 1. The van der Waals surface area contributed by atoms with Crippen molar-refractivity contribution in [3.63, 3.8) is 0 Å². The van der Waals surface area contributed by atoms with Gasteiger partial charge < -0.3 is 19.3 Å². The molecule has 1 aliphatic rings. The van der Waals surface area contributed by atoms with Crippen molar-refractivity contribution < 1.29 is 28.9 Å². The van der Waals surface area contributed by atoms with Crippen LogP contribution < -0.4 is 19.1 Å². The first-order chi connectivity index (χ1) is 18.3. The second kappa shape index (κ2) is 10.00. The fourth-order valence-electron chi connectivity index (χ4n) is 4.44. The summed E-state index contributed by atoms with van der Waals surface area (Å²) in [5, 5.41) is 12.2. The van der Waals surface area contributed by atoms with Crippen LogP contribution >= 0.6 is 22.9 Å². The molecule has 4 aromatic rings. The second-order valence-corrected chi connectivity index (χ2v) is 10.0. The lowest BCUT2D eigenvalue weighted by molar-refractivity contribution is -0.132. The van der Waals surface area contributed by atoms with Gasteiger partial charge in [0.2, 0.25) is 0 Å². The van der Waals surface area contributed by atoms with E-state index in [1.807, 2.05) is 25.1 Å². The SMILES string of the molecule is COc1ccc(C2/C(=C(\O)c3cc(OC)c(Cl)cc3OC)C(=O)C(=O)N2c2nc3ccc(C)cc3s2)cc1. The predicted molar refractivity (Wildman–Crippen MR) is 147 cm³/mol. The number of aliphatic hydroxyl groups is 1. The van der Waals surface area contributed by atoms with Crippen LogP contribution in [0.4, 0.5) is 5.13 Å². The maximum atomic E-state index is 13.5. The van der Waals surface area contributed by atoms with Crippen molar-refractivity contribution in [2.45, 2.75) is 13.0 Å². The van der Waals surface area contributed by atoms with Gasteiger partial charge in [-0.25, -0.2) is 4.98 Å². The van der Waals surface area contributed by atoms with E-state index >= 15 is 0 Å². The summed E-state index contributed by atoms with van der Waals surface area (Å²) in [5.41, 5.74) is 2.38. The maximum absolute atomic E-state index is 13.5. The molecule has 0 radical (unpaired) electrons. The van der Waals surface area contributed by atoms with Gasteiger partial charge in [0.05, 0.1) is 53.7 Å². The Bertz CT molecular complexity index is 1610.